The minimum Gasteiger partial charge on any atom is -0.355 e. The molecule has 0 amide bonds. The van der Waals surface area contributed by atoms with Crippen molar-refractivity contribution in [2.45, 2.75) is 19.1 Å². The SMILES string of the molecule is c1cc(CNCC2CCOCO2)ncn1. The fourth-order valence-corrected chi connectivity index (χ4v) is 1.45. The first-order valence-electron chi connectivity index (χ1n) is 5.10. The summed E-state index contributed by atoms with van der Waals surface area (Å²) in [5.41, 5.74) is 0.997. The average molecular weight is 209 g/mol. The lowest BCUT2D eigenvalue weighted by atomic mass is 10.2. The fourth-order valence-electron chi connectivity index (χ4n) is 1.45. The molecular weight excluding hydrogens is 194 g/mol. The summed E-state index contributed by atoms with van der Waals surface area (Å²) in [5.74, 6) is 0. The van der Waals surface area contributed by atoms with Crippen LogP contribution in [-0.4, -0.2) is 36.0 Å². The van der Waals surface area contributed by atoms with Crippen LogP contribution in [0.15, 0.2) is 18.6 Å². The molecule has 1 atom stereocenters. The van der Waals surface area contributed by atoms with Crippen molar-refractivity contribution in [1.82, 2.24) is 15.3 Å². The van der Waals surface area contributed by atoms with Crippen LogP contribution in [-0.2, 0) is 16.0 Å². The summed E-state index contributed by atoms with van der Waals surface area (Å²) in [6.45, 7) is 2.80. The van der Waals surface area contributed by atoms with Crippen molar-refractivity contribution < 1.29 is 9.47 Å². The lowest BCUT2D eigenvalue weighted by molar-refractivity contribution is -0.137. The third kappa shape index (κ3) is 3.54. The van der Waals surface area contributed by atoms with Crippen molar-refractivity contribution >= 4 is 0 Å². The Hall–Kier alpha value is -1.04. The van der Waals surface area contributed by atoms with Crippen LogP contribution in [0.25, 0.3) is 0 Å². The third-order valence-electron chi connectivity index (χ3n) is 2.29. The standard InChI is InChI=1S/C10H15N3O2/c1-3-11-7-13-9(1)5-12-6-10-2-4-14-8-15-10/h1,3,7,10,12H,2,4-6,8H2. The van der Waals surface area contributed by atoms with E-state index in [1.54, 1.807) is 12.5 Å². The van der Waals surface area contributed by atoms with Gasteiger partial charge >= 0.3 is 0 Å². The van der Waals surface area contributed by atoms with E-state index in [-0.39, 0.29) is 6.10 Å². The Morgan fingerprint density at radius 3 is 3.27 bits per heavy atom. The van der Waals surface area contributed by atoms with Gasteiger partial charge in [-0.15, -0.1) is 0 Å². The van der Waals surface area contributed by atoms with Crippen molar-refractivity contribution in [2.75, 3.05) is 19.9 Å². The van der Waals surface area contributed by atoms with Crippen LogP contribution >= 0.6 is 0 Å². The molecule has 15 heavy (non-hydrogen) atoms. The highest BCUT2D eigenvalue weighted by molar-refractivity contribution is 4.96. The van der Waals surface area contributed by atoms with Crippen LogP contribution in [0.5, 0.6) is 0 Å². The predicted octanol–water partition coefficient (Wildman–Crippen LogP) is 0.329. The second-order valence-corrected chi connectivity index (χ2v) is 3.44. The minimum atomic E-state index is 0.264. The van der Waals surface area contributed by atoms with Gasteiger partial charge in [-0.1, -0.05) is 0 Å². The van der Waals surface area contributed by atoms with Crippen LogP contribution in [0.1, 0.15) is 12.1 Å². The predicted molar refractivity (Wildman–Crippen MR) is 54.0 cm³/mol. The quantitative estimate of drug-likeness (QED) is 0.774. The maximum Gasteiger partial charge on any atom is 0.147 e. The number of nitrogens with one attached hydrogen (secondary N) is 1. The highest BCUT2D eigenvalue weighted by atomic mass is 16.7. The Labute approximate surface area is 88.8 Å². The summed E-state index contributed by atoms with van der Waals surface area (Å²) in [6, 6.07) is 1.90. The van der Waals surface area contributed by atoms with Crippen molar-refractivity contribution in [3.8, 4) is 0 Å². The van der Waals surface area contributed by atoms with E-state index in [1.165, 1.54) is 0 Å². The van der Waals surface area contributed by atoms with E-state index in [0.29, 0.717) is 6.79 Å². The molecule has 2 rings (SSSR count). The smallest absolute Gasteiger partial charge is 0.147 e. The molecule has 1 aliphatic rings. The van der Waals surface area contributed by atoms with E-state index < -0.39 is 0 Å². The van der Waals surface area contributed by atoms with Gasteiger partial charge in [0.25, 0.3) is 0 Å². The molecule has 1 aliphatic heterocycles. The number of rotatable bonds is 4. The van der Waals surface area contributed by atoms with Gasteiger partial charge < -0.3 is 14.8 Å². The first-order chi connectivity index (χ1) is 7.45. The lowest BCUT2D eigenvalue weighted by Gasteiger charge is -2.22. The highest BCUT2D eigenvalue weighted by Crippen LogP contribution is 2.04. The maximum atomic E-state index is 5.40. The van der Waals surface area contributed by atoms with E-state index in [9.17, 15) is 0 Å². The van der Waals surface area contributed by atoms with Gasteiger partial charge in [0.2, 0.25) is 0 Å². The molecule has 0 saturated carbocycles. The zero-order valence-electron chi connectivity index (χ0n) is 8.56. The number of nitrogens with zero attached hydrogens (tertiary/aromatic N) is 2. The molecule has 1 saturated heterocycles. The number of hydrogen-bond donors (Lipinski definition) is 1. The van der Waals surface area contributed by atoms with Gasteiger partial charge in [-0.3, -0.25) is 0 Å². The largest absolute Gasteiger partial charge is 0.355 e. The molecule has 0 radical (unpaired) electrons. The highest BCUT2D eigenvalue weighted by Gasteiger charge is 2.13. The summed E-state index contributed by atoms with van der Waals surface area (Å²) >= 11 is 0. The zero-order chi connectivity index (χ0) is 10.3. The molecule has 1 aromatic rings. The van der Waals surface area contributed by atoms with Crippen LogP contribution in [0.4, 0.5) is 0 Å². The zero-order valence-corrected chi connectivity index (χ0v) is 8.56. The number of hydrogen-bond acceptors (Lipinski definition) is 5. The van der Waals surface area contributed by atoms with Crippen LogP contribution in [0.3, 0.4) is 0 Å². The Balaban J connectivity index is 1.66. The van der Waals surface area contributed by atoms with Crippen LogP contribution in [0, 0.1) is 0 Å². The summed E-state index contributed by atoms with van der Waals surface area (Å²) < 4.78 is 10.5. The molecule has 5 nitrogen and oxygen atoms in total. The lowest BCUT2D eigenvalue weighted by Crippen LogP contribution is -2.33. The second kappa shape index (κ2) is 5.75. The number of aromatic nitrogens is 2. The molecule has 1 unspecified atom stereocenters. The topological polar surface area (TPSA) is 56.3 Å². The number of ether oxygens (including phenoxy) is 2. The first-order valence-corrected chi connectivity index (χ1v) is 5.10. The van der Waals surface area contributed by atoms with Gasteiger partial charge in [-0.2, -0.15) is 0 Å². The Morgan fingerprint density at radius 2 is 2.53 bits per heavy atom. The van der Waals surface area contributed by atoms with Gasteiger partial charge in [-0.25, -0.2) is 9.97 Å². The second-order valence-electron chi connectivity index (χ2n) is 3.44. The minimum absolute atomic E-state index is 0.264. The normalized spacial score (nSPS) is 21.5. The fraction of sp³-hybridized carbons (Fsp3) is 0.600. The Kier molecular flexibility index (Phi) is 4.01. The summed E-state index contributed by atoms with van der Waals surface area (Å²) in [7, 11) is 0. The van der Waals surface area contributed by atoms with Gasteiger partial charge in [0.1, 0.15) is 13.1 Å². The molecular formula is C10H15N3O2. The molecule has 0 aromatic carbocycles. The summed E-state index contributed by atoms with van der Waals surface area (Å²) in [6.07, 6.45) is 4.52. The summed E-state index contributed by atoms with van der Waals surface area (Å²) in [4.78, 5) is 7.99. The van der Waals surface area contributed by atoms with E-state index >= 15 is 0 Å². The van der Waals surface area contributed by atoms with Gasteiger partial charge in [0.05, 0.1) is 18.4 Å². The van der Waals surface area contributed by atoms with E-state index in [2.05, 4.69) is 15.3 Å². The van der Waals surface area contributed by atoms with Crippen molar-refractivity contribution in [3.63, 3.8) is 0 Å². The third-order valence-corrected chi connectivity index (χ3v) is 2.29. The molecule has 1 fully saturated rings. The van der Waals surface area contributed by atoms with E-state index in [0.717, 1.165) is 31.8 Å². The van der Waals surface area contributed by atoms with Crippen molar-refractivity contribution in [2.24, 2.45) is 0 Å². The van der Waals surface area contributed by atoms with Crippen molar-refractivity contribution in [1.29, 1.82) is 0 Å². The molecule has 5 heteroatoms. The molecule has 0 bridgehead atoms. The molecule has 1 N–H and O–H groups in total. The summed E-state index contributed by atoms with van der Waals surface area (Å²) in [5, 5.41) is 3.30. The molecule has 82 valence electrons. The Bertz CT molecular complexity index is 275. The van der Waals surface area contributed by atoms with E-state index in [4.69, 9.17) is 9.47 Å². The van der Waals surface area contributed by atoms with Gasteiger partial charge in [0, 0.05) is 19.3 Å². The molecule has 2 heterocycles. The van der Waals surface area contributed by atoms with Gasteiger partial charge in [0.15, 0.2) is 0 Å². The maximum absolute atomic E-state index is 5.40. The van der Waals surface area contributed by atoms with Gasteiger partial charge in [-0.05, 0) is 12.5 Å². The molecule has 0 aliphatic carbocycles. The molecule has 1 aromatic heterocycles. The van der Waals surface area contributed by atoms with Crippen LogP contribution < -0.4 is 5.32 Å². The van der Waals surface area contributed by atoms with Crippen LogP contribution in [0.2, 0.25) is 0 Å². The van der Waals surface area contributed by atoms with E-state index in [1.807, 2.05) is 6.07 Å². The first kappa shape index (κ1) is 10.5. The molecule has 0 spiro atoms. The van der Waals surface area contributed by atoms with Crippen molar-refractivity contribution in [3.05, 3.63) is 24.3 Å². The average Bonchev–Trinajstić information content (AvgIpc) is 2.32. The Morgan fingerprint density at radius 1 is 1.53 bits per heavy atom. The monoisotopic (exact) mass is 209 g/mol.